The van der Waals surface area contributed by atoms with Crippen molar-refractivity contribution >= 4 is 53.0 Å². The van der Waals surface area contributed by atoms with E-state index in [1.165, 1.54) is 0 Å². The number of pyridine rings is 1. The van der Waals surface area contributed by atoms with Crippen LogP contribution in [-0.2, 0) is 6.54 Å². The number of nitrogens with one attached hydrogen (secondary N) is 2. The average Bonchev–Trinajstić information content (AvgIpc) is 3.06. The summed E-state index contributed by atoms with van der Waals surface area (Å²) >= 11 is 3.49. The molecule has 0 aromatic carbocycles. The van der Waals surface area contributed by atoms with Gasteiger partial charge in [-0.05, 0) is 25.5 Å². The molecule has 0 bridgehead atoms. The van der Waals surface area contributed by atoms with Crippen LogP contribution in [-0.4, -0.2) is 34.8 Å². The topological polar surface area (TPSA) is 62.2 Å². The third kappa shape index (κ3) is 8.52. The van der Waals surface area contributed by atoms with Crippen molar-refractivity contribution in [2.45, 2.75) is 24.2 Å². The molecule has 0 saturated carbocycles. The Balaban J connectivity index is 0.00000264. The molecule has 0 spiro atoms. The van der Waals surface area contributed by atoms with Gasteiger partial charge in [-0.15, -0.1) is 35.3 Å². The highest BCUT2D eigenvalue weighted by molar-refractivity contribution is 14.0. The molecule has 23 heavy (non-hydrogen) atoms. The lowest BCUT2D eigenvalue weighted by atomic mass is 10.3. The number of hydrogen-bond acceptors (Lipinski definition) is 5. The minimum absolute atomic E-state index is 0. The quantitative estimate of drug-likeness (QED) is 0.207. The number of rotatable bonds is 8. The Kier molecular flexibility index (Phi) is 11.0. The SMILES string of the molecule is CCNC(=NCc1ccccn1)NCCCSc1nccs1.I. The first kappa shape index (κ1) is 20.2. The molecule has 2 N–H and O–H groups in total. The summed E-state index contributed by atoms with van der Waals surface area (Å²) in [5, 5.41) is 8.61. The number of nitrogens with zero attached hydrogens (tertiary/aromatic N) is 3. The van der Waals surface area contributed by atoms with Crippen LogP contribution in [0.3, 0.4) is 0 Å². The maximum atomic E-state index is 4.55. The molecule has 2 heterocycles. The van der Waals surface area contributed by atoms with E-state index in [1.54, 1.807) is 29.3 Å². The molecule has 126 valence electrons. The van der Waals surface area contributed by atoms with Crippen LogP contribution < -0.4 is 10.6 Å². The van der Waals surface area contributed by atoms with E-state index in [-0.39, 0.29) is 24.0 Å². The number of hydrogen-bond donors (Lipinski definition) is 2. The molecule has 8 heteroatoms. The summed E-state index contributed by atoms with van der Waals surface area (Å²) in [4.78, 5) is 13.1. The Labute approximate surface area is 162 Å². The summed E-state index contributed by atoms with van der Waals surface area (Å²) in [6.45, 7) is 4.40. The zero-order chi connectivity index (χ0) is 15.5. The molecule has 0 atom stereocenters. The van der Waals surface area contributed by atoms with Crippen molar-refractivity contribution in [3.05, 3.63) is 41.7 Å². The summed E-state index contributed by atoms with van der Waals surface area (Å²) < 4.78 is 1.13. The van der Waals surface area contributed by atoms with E-state index in [1.807, 2.05) is 29.8 Å². The fourth-order valence-electron chi connectivity index (χ4n) is 1.71. The van der Waals surface area contributed by atoms with E-state index >= 15 is 0 Å². The monoisotopic (exact) mass is 463 g/mol. The fraction of sp³-hybridized carbons (Fsp3) is 0.400. The molecule has 0 aliphatic carbocycles. The number of aromatic nitrogens is 2. The molecular formula is C15H22IN5S2. The molecule has 2 aromatic rings. The molecule has 2 rings (SSSR count). The van der Waals surface area contributed by atoms with E-state index in [0.717, 1.165) is 41.3 Å². The van der Waals surface area contributed by atoms with E-state index in [2.05, 4.69) is 32.5 Å². The first-order valence-electron chi connectivity index (χ1n) is 7.33. The second-order valence-corrected chi connectivity index (χ2v) is 6.68. The van der Waals surface area contributed by atoms with Crippen molar-refractivity contribution < 1.29 is 0 Å². The predicted molar refractivity (Wildman–Crippen MR) is 110 cm³/mol. The van der Waals surface area contributed by atoms with Gasteiger partial charge in [0, 0.05) is 36.6 Å². The van der Waals surface area contributed by atoms with Gasteiger partial charge in [-0.3, -0.25) is 4.98 Å². The van der Waals surface area contributed by atoms with E-state index in [4.69, 9.17) is 0 Å². The van der Waals surface area contributed by atoms with Crippen LogP contribution in [0, 0.1) is 0 Å². The number of halogens is 1. The molecule has 0 fully saturated rings. The van der Waals surface area contributed by atoms with Crippen LogP contribution in [0.25, 0.3) is 0 Å². The summed E-state index contributed by atoms with van der Waals surface area (Å²) in [6.07, 6.45) is 4.71. The number of guanidine groups is 1. The molecule has 0 saturated heterocycles. The zero-order valence-electron chi connectivity index (χ0n) is 13.1. The van der Waals surface area contributed by atoms with Gasteiger partial charge in [0.1, 0.15) is 4.34 Å². The van der Waals surface area contributed by atoms with Crippen molar-refractivity contribution in [2.75, 3.05) is 18.8 Å². The van der Waals surface area contributed by atoms with Crippen molar-refractivity contribution in [1.29, 1.82) is 0 Å². The second kappa shape index (κ2) is 12.5. The number of thiazole rings is 1. The maximum Gasteiger partial charge on any atom is 0.191 e. The molecule has 0 aliphatic rings. The molecule has 5 nitrogen and oxygen atoms in total. The Bertz CT molecular complexity index is 548. The zero-order valence-corrected chi connectivity index (χ0v) is 17.0. The second-order valence-electron chi connectivity index (χ2n) is 4.44. The van der Waals surface area contributed by atoms with Gasteiger partial charge in [-0.2, -0.15) is 0 Å². The highest BCUT2D eigenvalue weighted by Crippen LogP contribution is 2.20. The lowest BCUT2D eigenvalue weighted by molar-refractivity contribution is 0.787. The standard InChI is InChI=1S/C15H21N5S2.HI/c1-2-16-14(20-12-13-6-3-4-7-17-13)18-8-5-10-21-15-19-9-11-22-15;/h3-4,6-7,9,11H,2,5,8,10,12H2,1H3,(H2,16,18,20);1H. The van der Waals surface area contributed by atoms with Crippen LogP contribution >= 0.6 is 47.1 Å². The van der Waals surface area contributed by atoms with Crippen LogP contribution in [0.1, 0.15) is 19.0 Å². The van der Waals surface area contributed by atoms with Gasteiger partial charge < -0.3 is 10.6 Å². The van der Waals surface area contributed by atoms with Gasteiger partial charge >= 0.3 is 0 Å². The lowest BCUT2D eigenvalue weighted by Crippen LogP contribution is -2.37. The van der Waals surface area contributed by atoms with Crippen LogP contribution in [0.15, 0.2) is 45.3 Å². The maximum absolute atomic E-state index is 4.55. The van der Waals surface area contributed by atoms with Crippen molar-refractivity contribution in [3.63, 3.8) is 0 Å². The third-order valence-electron chi connectivity index (χ3n) is 2.72. The summed E-state index contributed by atoms with van der Waals surface area (Å²) in [5.74, 6) is 1.90. The molecule has 0 radical (unpaired) electrons. The summed E-state index contributed by atoms with van der Waals surface area (Å²) in [6, 6.07) is 5.88. The van der Waals surface area contributed by atoms with E-state index < -0.39 is 0 Å². The van der Waals surface area contributed by atoms with Gasteiger partial charge in [-0.1, -0.05) is 17.8 Å². The number of aliphatic imine (C=N–C) groups is 1. The molecule has 0 aliphatic heterocycles. The van der Waals surface area contributed by atoms with Crippen LogP contribution in [0.2, 0.25) is 0 Å². The first-order chi connectivity index (χ1) is 10.9. The van der Waals surface area contributed by atoms with Gasteiger partial charge in [0.2, 0.25) is 0 Å². The third-order valence-corrected chi connectivity index (χ3v) is 4.77. The van der Waals surface area contributed by atoms with Gasteiger partial charge in [-0.25, -0.2) is 9.98 Å². The Morgan fingerprint density at radius 3 is 2.87 bits per heavy atom. The van der Waals surface area contributed by atoms with Gasteiger partial charge in [0.15, 0.2) is 5.96 Å². The van der Waals surface area contributed by atoms with E-state index in [9.17, 15) is 0 Å². The van der Waals surface area contributed by atoms with Crippen molar-refractivity contribution in [2.24, 2.45) is 4.99 Å². The largest absolute Gasteiger partial charge is 0.357 e. The summed E-state index contributed by atoms with van der Waals surface area (Å²) in [5.41, 5.74) is 0.971. The fourth-order valence-corrected chi connectivity index (χ4v) is 3.36. The minimum Gasteiger partial charge on any atom is -0.357 e. The predicted octanol–water partition coefficient (Wildman–Crippen LogP) is 3.39. The van der Waals surface area contributed by atoms with E-state index in [0.29, 0.717) is 6.54 Å². The number of thioether (sulfide) groups is 1. The summed E-state index contributed by atoms with van der Waals surface area (Å²) in [7, 11) is 0. The Morgan fingerprint density at radius 2 is 2.17 bits per heavy atom. The first-order valence-corrected chi connectivity index (χ1v) is 9.19. The smallest absolute Gasteiger partial charge is 0.191 e. The highest BCUT2D eigenvalue weighted by atomic mass is 127. The van der Waals surface area contributed by atoms with Gasteiger partial charge in [0.05, 0.1) is 12.2 Å². The van der Waals surface area contributed by atoms with Crippen LogP contribution in [0.4, 0.5) is 0 Å². The molecular weight excluding hydrogens is 441 g/mol. The molecule has 0 amide bonds. The molecule has 0 unspecified atom stereocenters. The average molecular weight is 463 g/mol. The Morgan fingerprint density at radius 1 is 1.26 bits per heavy atom. The van der Waals surface area contributed by atoms with Crippen molar-refractivity contribution in [1.82, 2.24) is 20.6 Å². The van der Waals surface area contributed by atoms with Crippen molar-refractivity contribution in [3.8, 4) is 0 Å². The van der Waals surface area contributed by atoms with Crippen LogP contribution in [0.5, 0.6) is 0 Å². The highest BCUT2D eigenvalue weighted by Gasteiger charge is 1.99. The minimum atomic E-state index is 0. The normalized spacial score (nSPS) is 10.9. The molecule has 2 aromatic heterocycles. The van der Waals surface area contributed by atoms with Gasteiger partial charge in [0.25, 0.3) is 0 Å². The Hall–Kier alpha value is -0.870. The lowest BCUT2D eigenvalue weighted by Gasteiger charge is -2.10.